The van der Waals surface area contributed by atoms with E-state index in [0.29, 0.717) is 19.2 Å². The highest BCUT2D eigenvalue weighted by atomic mass is 19.4. The van der Waals surface area contributed by atoms with E-state index >= 15 is 0 Å². The van der Waals surface area contributed by atoms with Gasteiger partial charge in [0, 0.05) is 26.2 Å². The van der Waals surface area contributed by atoms with Gasteiger partial charge in [0.05, 0.1) is 0 Å². The van der Waals surface area contributed by atoms with Crippen LogP contribution in [0, 0.1) is 0 Å². The molecule has 1 saturated heterocycles. The molecule has 0 aliphatic carbocycles. The van der Waals surface area contributed by atoms with Crippen LogP contribution in [-0.4, -0.2) is 37.0 Å². The standard InChI is InChI=1S/C7H9F3N2O/c1-12-3-2-11-6(12)4-5(13)7(8,9)10/h4,11H,2-3H2,1H3/b6-4+. The van der Waals surface area contributed by atoms with Gasteiger partial charge in [0.1, 0.15) is 5.82 Å². The number of carbonyl (C=O) groups excluding carboxylic acids is 1. The topological polar surface area (TPSA) is 32.3 Å². The van der Waals surface area contributed by atoms with E-state index in [1.807, 2.05) is 0 Å². The molecular formula is C7H9F3N2O. The monoisotopic (exact) mass is 194 g/mol. The summed E-state index contributed by atoms with van der Waals surface area (Å²) in [6.07, 6.45) is -4.20. The van der Waals surface area contributed by atoms with Gasteiger partial charge < -0.3 is 10.2 Å². The van der Waals surface area contributed by atoms with Crippen molar-refractivity contribution in [3.8, 4) is 0 Å². The second kappa shape index (κ2) is 3.27. The Morgan fingerprint density at radius 3 is 2.62 bits per heavy atom. The fourth-order valence-corrected chi connectivity index (χ4v) is 0.974. The van der Waals surface area contributed by atoms with Crippen molar-refractivity contribution in [2.45, 2.75) is 6.18 Å². The molecule has 1 aliphatic heterocycles. The van der Waals surface area contributed by atoms with E-state index in [-0.39, 0.29) is 5.82 Å². The highest BCUT2D eigenvalue weighted by molar-refractivity contribution is 5.94. The molecule has 6 heteroatoms. The molecule has 0 saturated carbocycles. The zero-order valence-corrected chi connectivity index (χ0v) is 6.98. The Morgan fingerprint density at radius 1 is 1.62 bits per heavy atom. The van der Waals surface area contributed by atoms with Gasteiger partial charge in [-0.1, -0.05) is 0 Å². The largest absolute Gasteiger partial charge is 0.454 e. The summed E-state index contributed by atoms with van der Waals surface area (Å²) in [5, 5.41) is 2.68. The Hall–Kier alpha value is -1.20. The fraction of sp³-hybridized carbons (Fsp3) is 0.571. The first kappa shape index (κ1) is 9.88. The molecule has 0 unspecified atom stereocenters. The summed E-state index contributed by atoms with van der Waals surface area (Å²) in [5.74, 6) is -1.61. The lowest BCUT2D eigenvalue weighted by Crippen LogP contribution is -2.24. The number of halogens is 3. The molecule has 0 amide bonds. The number of rotatable bonds is 1. The number of allylic oxidation sites excluding steroid dienone is 1. The third kappa shape index (κ3) is 2.37. The summed E-state index contributed by atoms with van der Waals surface area (Å²) in [5.41, 5.74) is 0. The summed E-state index contributed by atoms with van der Waals surface area (Å²) >= 11 is 0. The third-order valence-corrected chi connectivity index (χ3v) is 1.71. The van der Waals surface area contributed by atoms with Crippen LogP contribution < -0.4 is 5.32 Å². The smallest absolute Gasteiger partial charge is 0.370 e. The quantitative estimate of drug-likeness (QED) is 0.617. The number of alkyl halides is 3. The molecule has 0 aromatic carbocycles. The number of ketones is 1. The number of nitrogens with one attached hydrogen (secondary N) is 1. The summed E-state index contributed by atoms with van der Waals surface area (Å²) in [7, 11) is 1.62. The van der Waals surface area contributed by atoms with Gasteiger partial charge in [-0.25, -0.2) is 0 Å². The maximum atomic E-state index is 11.8. The van der Waals surface area contributed by atoms with Crippen molar-refractivity contribution in [2.75, 3.05) is 20.1 Å². The van der Waals surface area contributed by atoms with Crippen LogP contribution in [0.25, 0.3) is 0 Å². The number of likely N-dealkylation sites (N-methyl/N-ethyl adjacent to an activating group) is 1. The zero-order chi connectivity index (χ0) is 10.1. The Bertz CT molecular complexity index is 247. The number of carbonyl (C=O) groups is 1. The van der Waals surface area contributed by atoms with Crippen LogP contribution >= 0.6 is 0 Å². The average Bonchev–Trinajstić information content (AvgIpc) is 2.34. The van der Waals surface area contributed by atoms with Gasteiger partial charge in [-0.05, 0) is 0 Å². The van der Waals surface area contributed by atoms with Crippen molar-refractivity contribution >= 4 is 5.78 Å². The lowest BCUT2D eigenvalue weighted by atomic mass is 10.3. The van der Waals surface area contributed by atoms with Gasteiger partial charge in [-0.2, -0.15) is 13.2 Å². The van der Waals surface area contributed by atoms with Crippen molar-refractivity contribution in [3.05, 3.63) is 11.9 Å². The molecule has 0 aromatic heterocycles. The zero-order valence-electron chi connectivity index (χ0n) is 6.98. The van der Waals surface area contributed by atoms with Gasteiger partial charge in [-0.15, -0.1) is 0 Å². The molecule has 13 heavy (non-hydrogen) atoms. The Morgan fingerprint density at radius 2 is 2.23 bits per heavy atom. The number of nitrogens with zero attached hydrogens (tertiary/aromatic N) is 1. The van der Waals surface area contributed by atoms with Crippen molar-refractivity contribution in [1.29, 1.82) is 0 Å². The molecule has 0 bridgehead atoms. The minimum Gasteiger partial charge on any atom is -0.370 e. The number of hydrogen-bond donors (Lipinski definition) is 1. The van der Waals surface area contributed by atoms with Crippen molar-refractivity contribution in [2.24, 2.45) is 0 Å². The van der Waals surface area contributed by atoms with Crippen molar-refractivity contribution < 1.29 is 18.0 Å². The lowest BCUT2D eigenvalue weighted by molar-refractivity contribution is -0.165. The molecule has 1 aliphatic rings. The van der Waals surface area contributed by atoms with Crippen LogP contribution in [0.5, 0.6) is 0 Å². The van der Waals surface area contributed by atoms with Crippen molar-refractivity contribution in [1.82, 2.24) is 10.2 Å². The second-order valence-electron chi connectivity index (χ2n) is 2.74. The van der Waals surface area contributed by atoms with Crippen LogP contribution in [0.2, 0.25) is 0 Å². The molecule has 1 heterocycles. The molecule has 0 spiro atoms. The summed E-state index contributed by atoms with van der Waals surface area (Å²) in [6.45, 7) is 1.17. The Labute approximate surface area is 73.2 Å². The van der Waals surface area contributed by atoms with E-state index in [2.05, 4.69) is 5.32 Å². The van der Waals surface area contributed by atoms with Gasteiger partial charge in [0.2, 0.25) is 0 Å². The predicted octanol–water partition coefficient (Wildman–Crippen LogP) is 0.494. The van der Waals surface area contributed by atoms with Crippen LogP contribution in [0.1, 0.15) is 0 Å². The summed E-state index contributed by atoms with van der Waals surface area (Å²) < 4.78 is 35.4. The normalized spacial score (nSPS) is 20.6. The Balaban J connectivity index is 2.71. The van der Waals surface area contributed by atoms with Crippen LogP contribution in [0.15, 0.2) is 11.9 Å². The molecule has 0 radical (unpaired) electrons. The fourth-order valence-electron chi connectivity index (χ4n) is 0.974. The van der Waals surface area contributed by atoms with Gasteiger partial charge in [-0.3, -0.25) is 4.79 Å². The summed E-state index contributed by atoms with van der Waals surface area (Å²) in [4.78, 5) is 12.1. The Kier molecular flexibility index (Phi) is 2.49. The molecule has 1 fully saturated rings. The van der Waals surface area contributed by atoms with E-state index in [4.69, 9.17) is 0 Å². The number of hydrogen-bond acceptors (Lipinski definition) is 3. The average molecular weight is 194 g/mol. The van der Waals surface area contributed by atoms with Crippen LogP contribution in [0.4, 0.5) is 13.2 Å². The van der Waals surface area contributed by atoms with E-state index < -0.39 is 12.0 Å². The maximum absolute atomic E-state index is 11.8. The molecule has 1 rings (SSSR count). The third-order valence-electron chi connectivity index (χ3n) is 1.71. The first-order valence-corrected chi connectivity index (χ1v) is 3.69. The summed E-state index contributed by atoms with van der Waals surface area (Å²) in [6, 6.07) is 0. The molecule has 0 atom stereocenters. The highest BCUT2D eigenvalue weighted by Gasteiger charge is 2.37. The molecule has 74 valence electrons. The van der Waals surface area contributed by atoms with Gasteiger partial charge in [0.25, 0.3) is 5.78 Å². The minimum absolute atomic E-state index is 0.224. The predicted molar refractivity (Wildman–Crippen MR) is 39.8 cm³/mol. The van der Waals surface area contributed by atoms with E-state index in [0.717, 1.165) is 0 Å². The van der Waals surface area contributed by atoms with E-state index in [1.165, 1.54) is 0 Å². The first-order chi connectivity index (χ1) is 5.91. The highest BCUT2D eigenvalue weighted by Crippen LogP contribution is 2.18. The molecule has 1 N–H and O–H groups in total. The van der Waals surface area contributed by atoms with Crippen molar-refractivity contribution in [3.63, 3.8) is 0 Å². The van der Waals surface area contributed by atoms with Crippen LogP contribution in [0.3, 0.4) is 0 Å². The second-order valence-corrected chi connectivity index (χ2v) is 2.74. The first-order valence-electron chi connectivity index (χ1n) is 3.69. The molecule has 0 aromatic rings. The van der Waals surface area contributed by atoms with Gasteiger partial charge >= 0.3 is 6.18 Å². The molecule has 3 nitrogen and oxygen atoms in total. The molecular weight excluding hydrogens is 185 g/mol. The lowest BCUT2D eigenvalue weighted by Gasteiger charge is -2.11. The SMILES string of the molecule is CN1CCN/C1=C\C(=O)C(F)(F)F. The maximum Gasteiger partial charge on any atom is 0.454 e. The van der Waals surface area contributed by atoms with Gasteiger partial charge in [0.15, 0.2) is 0 Å². The van der Waals surface area contributed by atoms with E-state index in [1.54, 1.807) is 11.9 Å². The van der Waals surface area contributed by atoms with E-state index in [9.17, 15) is 18.0 Å². The minimum atomic E-state index is -4.78. The van der Waals surface area contributed by atoms with Crippen LogP contribution in [-0.2, 0) is 4.79 Å².